The molecule has 3 N–H and O–H groups in total. The summed E-state index contributed by atoms with van der Waals surface area (Å²) in [6.07, 6.45) is 1.60. The van der Waals surface area contributed by atoms with Gasteiger partial charge in [0.25, 0.3) is 0 Å². The third kappa shape index (κ3) is 3.27. The van der Waals surface area contributed by atoms with E-state index in [0.717, 1.165) is 11.4 Å². The van der Waals surface area contributed by atoms with E-state index in [1.807, 2.05) is 54.6 Å². The summed E-state index contributed by atoms with van der Waals surface area (Å²) in [5.41, 5.74) is 6.39. The first-order chi connectivity index (χ1) is 10.3. The first-order valence-electron chi connectivity index (χ1n) is 6.49. The average Bonchev–Trinajstić information content (AvgIpc) is 2.50. The minimum atomic E-state index is 0.224. The van der Waals surface area contributed by atoms with Crippen molar-refractivity contribution >= 4 is 17.5 Å². The number of aromatic nitrogens is 2. The molecule has 5 heteroatoms. The van der Waals surface area contributed by atoms with E-state index >= 15 is 0 Å². The third-order valence-corrected chi connectivity index (χ3v) is 2.80. The highest BCUT2D eigenvalue weighted by Gasteiger charge is 2.05. The van der Waals surface area contributed by atoms with E-state index in [4.69, 9.17) is 10.5 Å². The fourth-order valence-electron chi connectivity index (χ4n) is 1.86. The Bertz CT molecular complexity index is 731. The summed E-state index contributed by atoms with van der Waals surface area (Å²) in [6, 6.07) is 19.0. The van der Waals surface area contributed by atoms with Gasteiger partial charge in [0.1, 0.15) is 11.6 Å². The van der Waals surface area contributed by atoms with E-state index in [-0.39, 0.29) is 5.95 Å². The van der Waals surface area contributed by atoms with Gasteiger partial charge in [-0.05, 0) is 30.3 Å². The molecule has 0 radical (unpaired) electrons. The normalized spacial score (nSPS) is 10.1. The first-order valence-corrected chi connectivity index (χ1v) is 6.49. The van der Waals surface area contributed by atoms with E-state index in [1.54, 1.807) is 12.3 Å². The van der Waals surface area contributed by atoms with E-state index in [2.05, 4.69) is 15.3 Å². The zero-order valence-corrected chi connectivity index (χ0v) is 11.2. The molecule has 0 aliphatic carbocycles. The van der Waals surface area contributed by atoms with E-state index < -0.39 is 0 Å². The molecular formula is C16H14N4O. The number of rotatable bonds is 4. The van der Waals surface area contributed by atoms with Gasteiger partial charge in [0.05, 0.1) is 5.69 Å². The smallest absolute Gasteiger partial charge is 0.221 e. The predicted octanol–water partition coefficient (Wildman–Crippen LogP) is 3.59. The maximum Gasteiger partial charge on any atom is 0.221 e. The summed E-state index contributed by atoms with van der Waals surface area (Å²) in [6.45, 7) is 0. The maximum atomic E-state index is 5.87. The van der Waals surface area contributed by atoms with Crippen LogP contribution in [-0.4, -0.2) is 9.97 Å². The van der Waals surface area contributed by atoms with E-state index in [9.17, 15) is 0 Å². The minimum absolute atomic E-state index is 0.224. The van der Waals surface area contributed by atoms with Crippen LogP contribution in [0, 0.1) is 0 Å². The van der Waals surface area contributed by atoms with Crippen molar-refractivity contribution < 1.29 is 4.74 Å². The second-order valence-electron chi connectivity index (χ2n) is 4.34. The Balaban J connectivity index is 1.86. The Labute approximate surface area is 122 Å². The molecule has 0 fully saturated rings. The zero-order valence-electron chi connectivity index (χ0n) is 11.2. The van der Waals surface area contributed by atoms with Gasteiger partial charge >= 0.3 is 0 Å². The highest BCUT2D eigenvalue weighted by molar-refractivity contribution is 5.64. The van der Waals surface area contributed by atoms with Crippen LogP contribution < -0.4 is 15.8 Å². The number of para-hydroxylation sites is 3. The summed E-state index contributed by atoms with van der Waals surface area (Å²) in [5, 5.41) is 3.18. The Morgan fingerprint density at radius 2 is 1.67 bits per heavy atom. The standard InChI is InChI=1S/C16H14N4O/c17-16-18-11-10-15(20-16)19-13-8-4-5-9-14(13)21-12-6-2-1-3-7-12/h1-11H,(H3,17,18,19,20). The molecule has 0 atom stereocenters. The van der Waals surface area contributed by atoms with Gasteiger partial charge in [0.2, 0.25) is 5.95 Å². The number of ether oxygens (including phenoxy) is 1. The fourth-order valence-corrected chi connectivity index (χ4v) is 1.86. The SMILES string of the molecule is Nc1nccc(Nc2ccccc2Oc2ccccc2)n1. The molecule has 104 valence electrons. The molecule has 2 aromatic carbocycles. The Morgan fingerprint density at radius 3 is 2.48 bits per heavy atom. The molecule has 0 spiro atoms. The van der Waals surface area contributed by atoms with Crippen LogP contribution in [0.25, 0.3) is 0 Å². The van der Waals surface area contributed by atoms with Crippen LogP contribution >= 0.6 is 0 Å². The van der Waals surface area contributed by atoms with Crippen molar-refractivity contribution in [1.82, 2.24) is 9.97 Å². The highest BCUT2D eigenvalue weighted by Crippen LogP contribution is 2.30. The molecule has 0 saturated carbocycles. The Morgan fingerprint density at radius 1 is 0.905 bits per heavy atom. The molecule has 0 bridgehead atoms. The van der Waals surface area contributed by atoms with Crippen molar-refractivity contribution in [3.8, 4) is 11.5 Å². The average molecular weight is 278 g/mol. The second kappa shape index (κ2) is 5.92. The lowest BCUT2D eigenvalue weighted by Crippen LogP contribution is -2.00. The number of hydrogen-bond donors (Lipinski definition) is 2. The van der Waals surface area contributed by atoms with Crippen molar-refractivity contribution in [3.05, 3.63) is 66.9 Å². The molecule has 5 nitrogen and oxygen atoms in total. The van der Waals surface area contributed by atoms with Crippen LogP contribution in [-0.2, 0) is 0 Å². The lowest BCUT2D eigenvalue weighted by atomic mass is 10.3. The van der Waals surface area contributed by atoms with Crippen LogP contribution in [0.3, 0.4) is 0 Å². The number of nitrogens with zero attached hydrogens (tertiary/aromatic N) is 2. The summed E-state index contributed by atoms with van der Waals surface area (Å²) in [5.74, 6) is 2.32. The van der Waals surface area contributed by atoms with Crippen LogP contribution in [0.2, 0.25) is 0 Å². The molecule has 0 unspecified atom stereocenters. The predicted molar refractivity (Wildman–Crippen MR) is 82.7 cm³/mol. The minimum Gasteiger partial charge on any atom is -0.455 e. The lowest BCUT2D eigenvalue weighted by Gasteiger charge is -2.12. The van der Waals surface area contributed by atoms with Gasteiger partial charge in [-0.2, -0.15) is 4.98 Å². The van der Waals surface area contributed by atoms with Crippen molar-refractivity contribution in [3.63, 3.8) is 0 Å². The van der Waals surface area contributed by atoms with Crippen molar-refractivity contribution in [2.45, 2.75) is 0 Å². The topological polar surface area (TPSA) is 73.1 Å². The Hall–Kier alpha value is -3.08. The molecule has 1 heterocycles. The lowest BCUT2D eigenvalue weighted by molar-refractivity contribution is 0.485. The summed E-state index contributed by atoms with van der Waals surface area (Å²) in [7, 11) is 0. The molecule has 3 aromatic rings. The van der Waals surface area contributed by atoms with Crippen LogP contribution in [0.4, 0.5) is 17.5 Å². The van der Waals surface area contributed by atoms with Crippen molar-refractivity contribution in [1.29, 1.82) is 0 Å². The van der Waals surface area contributed by atoms with E-state index in [1.165, 1.54) is 0 Å². The summed E-state index contributed by atoms with van der Waals surface area (Å²) >= 11 is 0. The molecular weight excluding hydrogens is 264 g/mol. The van der Waals surface area contributed by atoms with Crippen LogP contribution in [0.15, 0.2) is 66.9 Å². The molecule has 0 aliphatic rings. The molecule has 3 rings (SSSR count). The first kappa shape index (κ1) is 12.9. The van der Waals surface area contributed by atoms with E-state index in [0.29, 0.717) is 11.6 Å². The number of benzene rings is 2. The molecule has 0 aliphatic heterocycles. The largest absolute Gasteiger partial charge is 0.455 e. The summed E-state index contributed by atoms with van der Waals surface area (Å²) < 4.78 is 5.87. The van der Waals surface area contributed by atoms with Gasteiger partial charge in [0.15, 0.2) is 5.75 Å². The van der Waals surface area contributed by atoms with Crippen LogP contribution in [0.5, 0.6) is 11.5 Å². The molecule has 1 aromatic heterocycles. The van der Waals surface area contributed by atoms with Gasteiger partial charge in [-0.15, -0.1) is 0 Å². The molecule has 0 amide bonds. The van der Waals surface area contributed by atoms with Gasteiger partial charge in [0, 0.05) is 6.20 Å². The third-order valence-electron chi connectivity index (χ3n) is 2.80. The quantitative estimate of drug-likeness (QED) is 0.763. The number of hydrogen-bond acceptors (Lipinski definition) is 5. The molecule has 0 saturated heterocycles. The Kier molecular flexibility index (Phi) is 3.64. The maximum absolute atomic E-state index is 5.87. The molecule has 21 heavy (non-hydrogen) atoms. The van der Waals surface area contributed by atoms with Gasteiger partial charge in [-0.1, -0.05) is 30.3 Å². The fraction of sp³-hybridized carbons (Fsp3) is 0. The van der Waals surface area contributed by atoms with Gasteiger partial charge in [-0.3, -0.25) is 0 Å². The number of nitrogens with two attached hydrogens (primary N) is 1. The van der Waals surface area contributed by atoms with Gasteiger partial charge in [-0.25, -0.2) is 4.98 Å². The van der Waals surface area contributed by atoms with Crippen LogP contribution in [0.1, 0.15) is 0 Å². The summed E-state index contributed by atoms with van der Waals surface area (Å²) in [4.78, 5) is 7.98. The highest BCUT2D eigenvalue weighted by atomic mass is 16.5. The number of nitrogens with one attached hydrogen (secondary N) is 1. The van der Waals surface area contributed by atoms with Crippen molar-refractivity contribution in [2.24, 2.45) is 0 Å². The second-order valence-corrected chi connectivity index (χ2v) is 4.34. The number of anilines is 3. The number of nitrogen functional groups attached to an aromatic ring is 1. The monoisotopic (exact) mass is 278 g/mol. The van der Waals surface area contributed by atoms with Gasteiger partial charge < -0.3 is 15.8 Å². The van der Waals surface area contributed by atoms with Crippen molar-refractivity contribution in [2.75, 3.05) is 11.1 Å². The zero-order chi connectivity index (χ0) is 14.5.